The summed E-state index contributed by atoms with van der Waals surface area (Å²) in [5.74, 6) is 0.121. The quantitative estimate of drug-likeness (QED) is 0.437. The number of carbonyl (C=O) groups is 1. The zero-order chi connectivity index (χ0) is 23.0. The molecule has 1 saturated heterocycles. The summed E-state index contributed by atoms with van der Waals surface area (Å²) in [6.45, 7) is 2.12. The molecule has 2 fully saturated rings. The first kappa shape index (κ1) is 22.0. The van der Waals surface area contributed by atoms with Crippen LogP contribution >= 0.6 is 11.6 Å². The van der Waals surface area contributed by atoms with Crippen molar-refractivity contribution in [3.05, 3.63) is 58.6 Å². The third kappa shape index (κ3) is 4.13. The predicted molar refractivity (Wildman–Crippen MR) is 137 cm³/mol. The number of piperidine rings is 1. The first-order valence-corrected chi connectivity index (χ1v) is 12.0. The fourth-order valence-electron chi connectivity index (χ4n) is 5.16. The van der Waals surface area contributed by atoms with Gasteiger partial charge < -0.3 is 26.3 Å². The molecule has 0 unspecified atom stereocenters. The number of allylic oxidation sites excluding steroid dienone is 1. The van der Waals surface area contributed by atoms with Crippen molar-refractivity contribution in [2.45, 2.75) is 43.6 Å². The molecule has 2 aromatic carbocycles. The van der Waals surface area contributed by atoms with Gasteiger partial charge in [0.2, 0.25) is 5.91 Å². The second-order valence-corrected chi connectivity index (χ2v) is 9.87. The Hall–Kier alpha value is -2.83. The lowest BCUT2D eigenvalue weighted by Gasteiger charge is -2.36. The van der Waals surface area contributed by atoms with Crippen molar-refractivity contribution >= 4 is 46.5 Å². The average Bonchev–Trinajstić information content (AvgIpc) is 3.09. The van der Waals surface area contributed by atoms with Gasteiger partial charge in [-0.3, -0.25) is 4.79 Å². The highest BCUT2D eigenvalue weighted by Gasteiger charge is 2.52. The average molecular weight is 464 g/mol. The van der Waals surface area contributed by atoms with Crippen LogP contribution in [0.25, 0.3) is 5.70 Å². The highest BCUT2D eigenvalue weighted by molar-refractivity contribution is 6.30. The highest BCUT2D eigenvalue weighted by atomic mass is 35.5. The molecule has 0 atom stereocenters. The van der Waals surface area contributed by atoms with Crippen LogP contribution in [0.4, 0.5) is 17.1 Å². The number of fused-ring (bicyclic) bond motifs is 2. The molecule has 3 aliphatic rings. The van der Waals surface area contributed by atoms with E-state index < -0.39 is 5.41 Å². The number of hydrogen-bond acceptors (Lipinski definition) is 5. The van der Waals surface area contributed by atoms with E-state index >= 15 is 0 Å². The summed E-state index contributed by atoms with van der Waals surface area (Å²) < 4.78 is 0. The molecule has 2 heterocycles. The molecule has 7 heteroatoms. The molecule has 1 aliphatic carbocycles. The number of likely N-dealkylation sites (tertiary alicyclic amines) is 1. The van der Waals surface area contributed by atoms with E-state index in [9.17, 15) is 4.79 Å². The minimum absolute atomic E-state index is 0.121. The lowest BCUT2D eigenvalue weighted by atomic mass is 9.65. The highest BCUT2D eigenvalue weighted by Crippen LogP contribution is 2.54. The van der Waals surface area contributed by atoms with Crippen molar-refractivity contribution in [3.8, 4) is 0 Å². The topological polar surface area (TPSA) is 80.2 Å². The third-order valence-corrected chi connectivity index (χ3v) is 7.55. The number of benzene rings is 2. The largest absolute Gasteiger partial charge is 0.381 e. The molecule has 4 N–H and O–H groups in total. The van der Waals surface area contributed by atoms with Gasteiger partial charge in [-0.15, -0.1) is 0 Å². The second-order valence-electron chi connectivity index (χ2n) is 9.44. The smallest absolute Gasteiger partial charge is 0.235 e. The molecule has 6 nitrogen and oxygen atoms in total. The van der Waals surface area contributed by atoms with Crippen LogP contribution < -0.4 is 16.0 Å². The van der Waals surface area contributed by atoms with Gasteiger partial charge in [0.1, 0.15) is 0 Å². The number of nitrogens with zero attached hydrogens (tertiary/aromatic N) is 1. The Labute approximate surface area is 199 Å². The molecular formula is C26H30ClN5O. The van der Waals surface area contributed by atoms with Gasteiger partial charge in [-0.25, -0.2) is 0 Å². The number of halogens is 1. The van der Waals surface area contributed by atoms with Crippen LogP contribution in [-0.4, -0.2) is 43.2 Å². The van der Waals surface area contributed by atoms with Crippen LogP contribution in [0.1, 0.15) is 43.2 Å². The molecule has 0 radical (unpaired) electrons. The van der Waals surface area contributed by atoms with Crippen LogP contribution in [0.15, 0.2) is 42.5 Å². The van der Waals surface area contributed by atoms with Crippen LogP contribution in [-0.2, 0) is 10.2 Å². The van der Waals surface area contributed by atoms with Crippen molar-refractivity contribution in [1.82, 2.24) is 4.90 Å². The molecule has 0 bridgehead atoms. The zero-order valence-corrected chi connectivity index (χ0v) is 19.6. The number of hydrogen-bond donors (Lipinski definition) is 4. The number of amides is 1. The lowest BCUT2D eigenvalue weighted by Crippen LogP contribution is -2.40. The summed E-state index contributed by atoms with van der Waals surface area (Å²) in [6.07, 6.45) is 8.03. The van der Waals surface area contributed by atoms with Gasteiger partial charge in [0.15, 0.2) is 0 Å². The Morgan fingerprint density at radius 3 is 2.58 bits per heavy atom. The van der Waals surface area contributed by atoms with Crippen molar-refractivity contribution in [1.29, 1.82) is 5.41 Å². The molecule has 2 aliphatic heterocycles. The summed E-state index contributed by atoms with van der Waals surface area (Å²) in [5.41, 5.74) is 5.25. The molecule has 2 aromatic rings. The van der Waals surface area contributed by atoms with Crippen molar-refractivity contribution in [2.24, 2.45) is 0 Å². The predicted octanol–water partition coefficient (Wildman–Crippen LogP) is 5.32. The van der Waals surface area contributed by atoms with E-state index in [2.05, 4.69) is 40.0 Å². The number of nitrogens with one attached hydrogen (secondary N) is 4. The van der Waals surface area contributed by atoms with E-state index in [-0.39, 0.29) is 5.91 Å². The van der Waals surface area contributed by atoms with E-state index in [1.165, 1.54) is 6.21 Å². The monoisotopic (exact) mass is 463 g/mol. The van der Waals surface area contributed by atoms with Gasteiger partial charge in [-0.2, -0.15) is 0 Å². The standard InChI is InChI=1S/C26H30ClN5O/c1-32-13-8-20(9-14-32)30-23-16-17(15-21-24(23)31-25(33)26(21)10-2-11-26)22(7-12-28)29-19-5-3-18(27)4-6-19/h3-7,12,15-16,20,28-30H,2,8-11,13-14H2,1H3,(H,31,33)/b22-7-,28-12?. The summed E-state index contributed by atoms with van der Waals surface area (Å²) >= 11 is 6.05. The molecule has 1 amide bonds. The van der Waals surface area contributed by atoms with E-state index in [1.807, 2.05) is 24.3 Å². The first-order valence-electron chi connectivity index (χ1n) is 11.7. The van der Waals surface area contributed by atoms with Gasteiger partial charge in [-0.05, 0) is 93.9 Å². The SMILES string of the molecule is CN1CCC(Nc2cc(/C(=C/C=N)Nc3ccc(Cl)cc3)cc3c2NC(=O)C32CCC2)CC1. The zero-order valence-electron chi connectivity index (χ0n) is 18.9. The van der Waals surface area contributed by atoms with E-state index in [4.69, 9.17) is 17.0 Å². The molecule has 172 valence electrons. The molecule has 5 rings (SSSR count). The summed E-state index contributed by atoms with van der Waals surface area (Å²) in [6, 6.07) is 12.1. The maximum Gasteiger partial charge on any atom is 0.235 e. The number of rotatable bonds is 6. The van der Waals surface area contributed by atoms with Crippen LogP contribution in [0.3, 0.4) is 0 Å². The van der Waals surface area contributed by atoms with Crippen molar-refractivity contribution < 1.29 is 4.79 Å². The summed E-state index contributed by atoms with van der Waals surface area (Å²) in [5, 5.41) is 18.8. The summed E-state index contributed by atoms with van der Waals surface area (Å²) in [4.78, 5) is 15.4. The molecule has 33 heavy (non-hydrogen) atoms. The molecule has 1 spiro atoms. The maximum atomic E-state index is 13.0. The van der Waals surface area contributed by atoms with Gasteiger partial charge >= 0.3 is 0 Å². The van der Waals surface area contributed by atoms with Gasteiger partial charge in [0.05, 0.1) is 16.8 Å². The Morgan fingerprint density at radius 2 is 1.94 bits per heavy atom. The second kappa shape index (κ2) is 8.84. The Bertz CT molecular complexity index is 1100. The number of carbonyl (C=O) groups excluding carboxylic acids is 1. The Morgan fingerprint density at radius 1 is 1.21 bits per heavy atom. The fraction of sp³-hybridized carbons (Fsp3) is 0.385. The van der Waals surface area contributed by atoms with Gasteiger partial charge in [0, 0.05) is 34.2 Å². The van der Waals surface area contributed by atoms with Crippen molar-refractivity contribution in [3.63, 3.8) is 0 Å². The van der Waals surface area contributed by atoms with Crippen LogP contribution in [0.5, 0.6) is 0 Å². The summed E-state index contributed by atoms with van der Waals surface area (Å²) in [7, 11) is 2.16. The van der Waals surface area contributed by atoms with Crippen LogP contribution in [0, 0.1) is 5.41 Å². The number of anilines is 3. The van der Waals surface area contributed by atoms with Crippen LogP contribution in [0.2, 0.25) is 5.02 Å². The fourth-order valence-corrected chi connectivity index (χ4v) is 5.29. The first-order chi connectivity index (χ1) is 16.0. The van der Waals surface area contributed by atoms with Crippen molar-refractivity contribution in [2.75, 3.05) is 36.1 Å². The maximum absolute atomic E-state index is 13.0. The Kier molecular flexibility index (Phi) is 5.89. The third-order valence-electron chi connectivity index (χ3n) is 7.30. The van der Waals surface area contributed by atoms with E-state index in [0.717, 1.165) is 79.1 Å². The lowest BCUT2D eigenvalue weighted by molar-refractivity contribution is -0.123. The van der Waals surface area contributed by atoms with Gasteiger partial charge in [-0.1, -0.05) is 18.0 Å². The van der Waals surface area contributed by atoms with E-state index in [0.29, 0.717) is 11.1 Å². The Balaban J connectivity index is 1.54. The molecule has 0 aromatic heterocycles. The normalized spacial score (nSPS) is 20.2. The molecule has 1 saturated carbocycles. The minimum atomic E-state index is -0.412. The van der Waals surface area contributed by atoms with Gasteiger partial charge in [0.25, 0.3) is 0 Å². The minimum Gasteiger partial charge on any atom is -0.381 e. The molecular weight excluding hydrogens is 434 g/mol. The van der Waals surface area contributed by atoms with E-state index in [1.54, 1.807) is 6.08 Å².